The Morgan fingerprint density at radius 3 is 2.85 bits per heavy atom. The van der Waals surface area contributed by atoms with E-state index in [-0.39, 0.29) is 5.91 Å². The van der Waals surface area contributed by atoms with Crippen molar-refractivity contribution in [2.45, 2.75) is 26.7 Å². The maximum Gasteiger partial charge on any atom is 0.222 e. The van der Waals surface area contributed by atoms with Gasteiger partial charge in [0, 0.05) is 13.5 Å². The first-order valence-electron chi connectivity index (χ1n) is 7.16. The third-order valence-electron chi connectivity index (χ3n) is 3.36. The van der Waals surface area contributed by atoms with Gasteiger partial charge in [-0.2, -0.15) is 0 Å². The molecule has 0 heterocycles. The molecule has 4 nitrogen and oxygen atoms in total. The van der Waals surface area contributed by atoms with Gasteiger partial charge in [-0.25, -0.2) is 0 Å². The van der Waals surface area contributed by atoms with E-state index in [2.05, 4.69) is 6.92 Å². The largest absolute Gasteiger partial charge is 0.492 e. The lowest BCUT2D eigenvalue weighted by molar-refractivity contribution is -0.130. The van der Waals surface area contributed by atoms with Crippen molar-refractivity contribution in [2.75, 3.05) is 26.7 Å². The highest BCUT2D eigenvalue weighted by Crippen LogP contribution is 2.12. The number of amides is 1. The number of aryl methyl sites for hydroxylation is 1. The van der Waals surface area contributed by atoms with Crippen LogP contribution < -0.4 is 10.5 Å². The van der Waals surface area contributed by atoms with Crippen LogP contribution in [-0.2, 0) is 4.79 Å². The van der Waals surface area contributed by atoms with E-state index in [9.17, 15) is 4.79 Å². The van der Waals surface area contributed by atoms with E-state index >= 15 is 0 Å². The molecule has 2 N–H and O–H groups in total. The van der Waals surface area contributed by atoms with Crippen molar-refractivity contribution >= 4 is 5.91 Å². The van der Waals surface area contributed by atoms with Crippen molar-refractivity contribution in [2.24, 2.45) is 11.7 Å². The summed E-state index contributed by atoms with van der Waals surface area (Å²) in [6, 6.07) is 7.91. The van der Waals surface area contributed by atoms with Crippen LogP contribution in [0.4, 0.5) is 0 Å². The average Bonchev–Trinajstić information content (AvgIpc) is 2.44. The number of ether oxygens (including phenoxy) is 1. The highest BCUT2D eigenvalue weighted by Gasteiger charge is 2.10. The molecule has 1 atom stereocenters. The number of hydrogen-bond donors (Lipinski definition) is 1. The Hall–Kier alpha value is -1.55. The van der Waals surface area contributed by atoms with Crippen LogP contribution in [0, 0.1) is 12.8 Å². The molecule has 1 amide bonds. The van der Waals surface area contributed by atoms with Crippen molar-refractivity contribution in [3.05, 3.63) is 29.8 Å². The predicted molar refractivity (Wildman–Crippen MR) is 81.8 cm³/mol. The van der Waals surface area contributed by atoms with E-state index in [1.807, 2.05) is 38.2 Å². The fourth-order valence-corrected chi connectivity index (χ4v) is 1.81. The fourth-order valence-electron chi connectivity index (χ4n) is 1.81. The number of hydrogen-bond acceptors (Lipinski definition) is 3. The quantitative estimate of drug-likeness (QED) is 0.793. The second kappa shape index (κ2) is 8.59. The third kappa shape index (κ3) is 6.06. The summed E-state index contributed by atoms with van der Waals surface area (Å²) in [4.78, 5) is 13.6. The first-order valence-corrected chi connectivity index (χ1v) is 7.16. The molecule has 0 radical (unpaired) electrons. The van der Waals surface area contributed by atoms with Crippen LogP contribution in [0.2, 0.25) is 0 Å². The van der Waals surface area contributed by atoms with Crippen LogP contribution in [0.3, 0.4) is 0 Å². The molecule has 1 unspecified atom stereocenters. The van der Waals surface area contributed by atoms with Gasteiger partial charge in [-0.3, -0.25) is 4.79 Å². The molecule has 1 rings (SSSR count). The van der Waals surface area contributed by atoms with Gasteiger partial charge in [0.1, 0.15) is 12.4 Å². The zero-order valence-electron chi connectivity index (χ0n) is 12.8. The summed E-state index contributed by atoms with van der Waals surface area (Å²) in [6.45, 7) is 5.84. The Labute approximate surface area is 121 Å². The lowest BCUT2D eigenvalue weighted by Crippen LogP contribution is -2.31. The minimum Gasteiger partial charge on any atom is -0.492 e. The first-order chi connectivity index (χ1) is 9.52. The Balaban J connectivity index is 2.25. The number of nitrogens with zero attached hydrogens (tertiary/aromatic N) is 1. The Bertz CT molecular complexity index is 421. The number of nitrogens with two attached hydrogens (primary N) is 1. The lowest BCUT2D eigenvalue weighted by atomic mass is 10.1. The summed E-state index contributed by atoms with van der Waals surface area (Å²) in [6.07, 6.45) is 1.40. The van der Waals surface area contributed by atoms with Crippen molar-refractivity contribution in [3.63, 3.8) is 0 Å². The predicted octanol–water partition coefficient (Wildman–Crippen LogP) is 2.21. The summed E-state index contributed by atoms with van der Waals surface area (Å²) in [5.41, 5.74) is 6.72. The molecule has 0 bridgehead atoms. The zero-order valence-corrected chi connectivity index (χ0v) is 12.8. The Morgan fingerprint density at radius 2 is 2.20 bits per heavy atom. The van der Waals surface area contributed by atoms with Gasteiger partial charge in [0.15, 0.2) is 0 Å². The van der Waals surface area contributed by atoms with Crippen LogP contribution >= 0.6 is 0 Å². The number of carbonyl (C=O) groups excluding carboxylic acids is 1. The van der Waals surface area contributed by atoms with Gasteiger partial charge >= 0.3 is 0 Å². The number of likely N-dealkylation sites (N-methyl/N-ethyl adjacent to an activating group) is 1. The molecule has 0 spiro atoms. The monoisotopic (exact) mass is 278 g/mol. The topological polar surface area (TPSA) is 55.6 Å². The fraction of sp³-hybridized carbons (Fsp3) is 0.562. The molecule has 1 aromatic carbocycles. The van der Waals surface area contributed by atoms with Crippen LogP contribution in [-0.4, -0.2) is 37.6 Å². The highest BCUT2D eigenvalue weighted by molar-refractivity contribution is 5.75. The van der Waals surface area contributed by atoms with Gasteiger partial charge in [-0.05, 0) is 43.5 Å². The molecule has 0 aliphatic heterocycles. The van der Waals surface area contributed by atoms with Gasteiger partial charge in [0.25, 0.3) is 0 Å². The molecule has 0 saturated heterocycles. The average molecular weight is 278 g/mol. The maximum absolute atomic E-state index is 11.9. The molecule has 20 heavy (non-hydrogen) atoms. The van der Waals surface area contributed by atoms with Crippen molar-refractivity contribution < 1.29 is 9.53 Å². The van der Waals surface area contributed by atoms with Crippen LogP contribution in [0.1, 0.15) is 25.3 Å². The second-order valence-electron chi connectivity index (χ2n) is 5.36. The minimum atomic E-state index is 0.151. The first kappa shape index (κ1) is 16.5. The van der Waals surface area contributed by atoms with Crippen LogP contribution in [0.5, 0.6) is 5.75 Å². The number of benzene rings is 1. The lowest BCUT2D eigenvalue weighted by Gasteiger charge is -2.18. The number of carbonyl (C=O) groups is 1. The van der Waals surface area contributed by atoms with Crippen LogP contribution in [0.15, 0.2) is 24.3 Å². The zero-order chi connectivity index (χ0) is 15.0. The summed E-state index contributed by atoms with van der Waals surface area (Å²) in [5.74, 6) is 1.40. The summed E-state index contributed by atoms with van der Waals surface area (Å²) in [5, 5.41) is 0. The van der Waals surface area contributed by atoms with Gasteiger partial charge < -0.3 is 15.4 Å². The van der Waals surface area contributed by atoms with E-state index in [0.717, 1.165) is 12.2 Å². The molecule has 112 valence electrons. The van der Waals surface area contributed by atoms with Crippen LogP contribution in [0.25, 0.3) is 0 Å². The molecule has 0 fully saturated rings. The van der Waals surface area contributed by atoms with Crippen molar-refractivity contribution in [3.8, 4) is 5.75 Å². The summed E-state index contributed by atoms with van der Waals surface area (Å²) >= 11 is 0. The molecule has 0 aliphatic rings. The van der Waals surface area contributed by atoms with E-state index < -0.39 is 0 Å². The molecule has 0 aliphatic carbocycles. The maximum atomic E-state index is 11.9. The van der Waals surface area contributed by atoms with Crippen molar-refractivity contribution in [1.82, 2.24) is 4.90 Å². The minimum absolute atomic E-state index is 0.151. The standard InChI is InChI=1S/C16H26N2O2/c1-13-5-4-6-15(11-13)20-10-9-18(3)16(19)8-7-14(2)12-17/h4-6,11,14H,7-10,12,17H2,1-3H3. The van der Waals surface area contributed by atoms with Crippen molar-refractivity contribution in [1.29, 1.82) is 0 Å². The Morgan fingerprint density at radius 1 is 1.45 bits per heavy atom. The van der Waals surface area contributed by atoms with Gasteiger partial charge in [0.2, 0.25) is 5.91 Å². The molecule has 1 aromatic rings. The summed E-state index contributed by atoms with van der Waals surface area (Å²) < 4.78 is 5.64. The smallest absolute Gasteiger partial charge is 0.222 e. The van der Waals surface area contributed by atoms with E-state index in [0.29, 0.717) is 32.0 Å². The Kier molecular flexibility index (Phi) is 7.09. The van der Waals surface area contributed by atoms with Gasteiger partial charge in [0.05, 0.1) is 6.54 Å². The third-order valence-corrected chi connectivity index (χ3v) is 3.36. The van der Waals surface area contributed by atoms with Gasteiger partial charge in [-0.15, -0.1) is 0 Å². The SMILES string of the molecule is Cc1cccc(OCCN(C)C(=O)CCC(C)CN)c1. The normalized spacial score (nSPS) is 12.0. The summed E-state index contributed by atoms with van der Waals surface area (Å²) in [7, 11) is 1.81. The molecule has 4 heteroatoms. The highest BCUT2D eigenvalue weighted by atomic mass is 16.5. The van der Waals surface area contributed by atoms with E-state index in [1.165, 1.54) is 5.56 Å². The molecular formula is C16H26N2O2. The molecule has 0 aromatic heterocycles. The molecular weight excluding hydrogens is 252 g/mol. The van der Waals surface area contributed by atoms with Gasteiger partial charge in [-0.1, -0.05) is 19.1 Å². The number of rotatable bonds is 8. The van der Waals surface area contributed by atoms with E-state index in [1.54, 1.807) is 4.90 Å². The van der Waals surface area contributed by atoms with E-state index in [4.69, 9.17) is 10.5 Å². The molecule has 0 saturated carbocycles. The second-order valence-corrected chi connectivity index (χ2v) is 5.36.